The van der Waals surface area contributed by atoms with Gasteiger partial charge in [-0.1, -0.05) is 0 Å². The lowest BCUT2D eigenvalue weighted by Gasteiger charge is -2.13. The van der Waals surface area contributed by atoms with Gasteiger partial charge in [-0.3, -0.25) is 0 Å². The average Bonchev–Trinajstić information content (AvgIpc) is 2.47. The molecular weight excluding hydrogens is 222 g/mol. The Balaban J connectivity index is 2.72. The van der Waals surface area contributed by atoms with Gasteiger partial charge in [-0.25, -0.2) is 0 Å². The van der Waals surface area contributed by atoms with Gasteiger partial charge in [-0.2, -0.15) is 0 Å². The second-order valence-electron chi connectivity index (χ2n) is 2.45. The Morgan fingerprint density at radius 2 is 2.50 bits per heavy atom. The molecule has 68 valence electrons. The largest absolute Gasteiger partial charge is 0.457 e. The highest BCUT2D eigenvalue weighted by Crippen LogP contribution is 2.24. The second-order valence-corrected chi connectivity index (χ2v) is 3.17. The van der Waals surface area contributed by atoms with Gasteiger partial charge in [-0.15, -0.1) is 0 Å². The molecule has 0 amide bonds. The molecule has 0 aliphatic carbocycles. The molecular formula is C8H12BrNO2. The Morgan fingerprint density at radius 1 is 1.75 bits per heavy atom. The molecule has 12 heavy (non-hydrogen) atoms. The SMILES string of the molecule is CNC(COC)c1ccoc1Br. The minimum absolute atomic E-state index is 0.183. The van der Waals surface area contributed by atoms with Crippen molar-refractivity contribution < 1.29 is 9.15 Å². The molecule has 0 spiro atoms. The van der Waals surface area contributed by atoms with Crippen molar-refractivity contribution in [3.63, 3.8) is 0 Å². The van der Waals surface area contributed by atoms with E-state index in [1.807, 2.05) is 13.1 Å². The van der Waals surface area contributed by atoms with Gasteiger partial charge in [0.05, 0.1) is 18.9 Å². The molecule has 1 aromatic rings. The molecule has 1 rings (SSSR count). The van der Waals surface area contributed by atoms with E-state index in [0.29, 0.717) is 6.61 Å². The van der Waals surface area contributed by atoms with Crippen molar-refractivity contribution in [1.82, 2.24) is 5.32 Å². The second kappa shape index (κ2) is 4.64. The van der Waals surface area contributed by atoms with Crippen molar-refractivity contribution in [1.29, 1.82) is 0 Å². The van der Waals surface area contributed by atoms with E-state index in [0.717, 1.165) is 10.2 Å². The Kier molecular flexibility index (Phi) is 3.78. The first kappa shape index (κ1) is 9.77. The van der Waals surface area contributed by atoms with E-state index in [2.05, 4.69) is 21.2 Å². The third-order valence-corrected chi connectivity index (χ3v) is 2.35. The van der Waals surface area contributed by atoms with Gasteiger partial charge in [0.25, 0.3) is 0 Å². The molecule has 1 unspecified atom stereocenters. The van der Waals surface area contributed by atoms with Crippen LogP contribution in [0, 0.1) is 0 Å². The van der Waals surface area contributed by atoms with Crippen LogP contribution in [-0.4, -0.2) is 20.8 Å². The summed E-state index contributed by atoms with van der Waals surface area (Å²) in [5.41, 5.74) is 1.08. The summed E-state index contributed by atoms with van der Waals surface area (Å²) in [6.45, 7) is 0.634. The normalized spacial score (nSPS) is 13.2. The maximum atomic E-state index is 5.11. The quantitative estimate of drug-likeness (QED) is 0.864. The molecule has 1 aromatic heterocycles. The molecule has 3 nitrogen and oxygen atoms in total. The molecule has 0 bridgehead atoms. The van der Waals surface area contributed by atoms with Crippen LogP contribution in [-0.2, 0) is 4.74 Å². The highest BCUT2D eigenvalue weighted by Gasteiger charge is 2.13. The minimum Gasteiger partial charge on any atom is -0.457 e. The van der Waals surface area contributed by atoms with E-state index in [1.54, 1.807) is 13.4 Å². The van der Waals surface area contributed by atoms with E-state index < -0.39 is 0 Å². The molecule has 1 N–H and O–H groups in total. The lowest BCUT2D eigenvalue weighted by Crippen LogP contribution is -2.20. The monoisotopic (exact) mass is 233 g/mol. The zero-order valence-corrected chi connectivity index (χ0v) is 8.72. The highest BCUT2D eigenvalue weighted by molar-refractivity contribution is 9.10. The van der Waals surface area contributed by atoms with Gasteiger partial charge in [0.2, 0.25) is 0 Å². The van der Waals surface area contributed by atoms with E-state index >= 15 is 0 Å². The topological polar surface area (TPSA) is 34.4 Å². The molecule has 4 heteroatoms. The van der Waals surface area contributed by atoms with Crippen molar-refractivity contribution in [3.05, 3.63) is 22.6 Å². The van der Waals surface area contributed by atoms with Crippen LogP contribution < -0.4 is 5.32 Å². The fourth-order valence-electron chi connectivity index (χ4n) is 1.05. The number of rotatable bonds is 4. The summed E-state index contributed by atoms with van der Waals surface area (Å²) in [4.78, 5) is 0. The summed E-state index contributed by atoms with van der Waals surface area (Å²) >= 11 is 3.32. The molecule has 0 aromatic carbocycles. The first-order valence-corrected chi connectivity index (χ1v) is 4.48. The predicted molar refractivity (Wildman–Crippen MR) is 50.1 cm³/mol. The number of hydrogen-bond donors (Lipinski definition) is 1. The summed E-state index contributed by atoms with van der Waals surface area (Å²) in [6.07, 6.45) is 1.65. The standard InChI is InChI=1S/C8H12BrNO2/c1-10-7(5-11-2)6-3-4-12-8(6)9/h3-4,7,10H,5H2,1-2H3. The van der Waals surface area contributed by atoms with Crippen LogP contribution in [0.25, 0.3) is 0 Å². The Hall–Kier alpha value is -0.320. The van der Waals surface area contributed by atoms with Crippen LogP contribution in [0.1, 0.15) is 11.6 Å². The van der Waals surface area contributed by atoms with Crippen molar-refractivity contribution in [3.8, 4) is 0 Å². The third-order valence-electron chi connectivity index (χ3n) is 1.70. The van der Waals surface area contributed by atoms with E-state index in [4.69, 9.17) is 9.15 Å². The molecule has 1 heterocycles. The van der Waals surface area contributed by atoms with Crippen molar-refractivity contribution in [2.24, 2.45) is 0 Å². The predicted octanol–water partition coefficient (Wildman–Crippen LogP) is 1.95. The Morgan fingerprint density at radius 3 is 2.92 bits per heavy atom. The summed E-state index contributed by atoms with van der Waals surface area (Å²) in [6, 6.07) is 2.10. The Bertz CT molecular complexity index is 237. The number of methoxy groups -OCH3 is 1. The van der Waals surface area contributed by atoms with Gasteiger partial charge in [0, 0.05) is 12.7 Å². The fraction of sp³-hybridized carbons (Fsp3) is 0.500. The average molecular weight is 234 g/mol. The molecule has 0 saturated heterocycles. The summed E-state index contributed by atoms with van der Waals surface area (Å²) in [5.74, 6) is 0. The van der Waals surface area contributed by atoms with Gasteiger partial charge in [0.1, 0.15) is 0 Å². The number of likely N-dealkylation sites (N-methyl/N-ethyl adjacent to an activating group) is 1. The maximum absolute atomic E-state index is 5.11. The van der Waals surface area contributed by atoms with Crippen LogP contribution in [0.15, 0.2) is 21.4 Å². The molecule has 0 fully saturated rings. The van der Waals surface area contributed by atoms with Crippen molar-refractivity contribution in [2.75, 3.05) is 20.8 Å². The van der Waals surface area contributed by atoms with Gasteiger partial charge in [-0.05, 0) is 29.0 Å². The van der Waals surface area contributed by atoms with Crippen LogP contribution in [0.3, 0.4) is 0 Å². The van der Waals surface area contributed by atoms with E-state index in [1.165, 1.54) is 0 Å². The Labute approximate surface area is 80.2 Å². The summed E-state index contributed by atoms with van der Waals surface area (Å²) in [5, 5.41) is 3.13. The van der Waals surface area contributed by atoms with E-state index in [9.17, 15) is 0 Å². The summed E-state index contributed by atoms with van der Waals surface area (Å²) < 4.78 is 10.9. The number of furan rings is 1. The number of halogens is 1. The highest BCUT2D eigenvalue weighted by atomic mass is 79.9. The zero-order valence-electron chi connectivity index (χ0n) is 7.13. The number of nitrogens with one attached hydrogen (secondary N) is 1. The van der Waals surface area contributed by atoms with Crippen LogP contribution in [0.2, 0.25) is 0 Å². The molecule has 0 aliphatic rings. The smallest absolute Gasteiger partial charge is 0.173 e. The number of ether oxygens (including phenoxy) is 1. The van der Waals surface area contributed by atoms with E-state index in [-0.39, 0.29) is 6.04 Å². The fourth-order valence-corrected chi connectivity index (χ4v) is 1.57. The van der Waals surface area contributed by atoms with Crippen LogP contribution in [0.5, 0.6) is 0 Å². The number of hydrogen-bond acceptors (Lipinski definition) is 3. The third kappa shape index (κ3) is 2.09. The van der Waals surface area contributed by atoms with Crippen molar-refractivity contribution >= 4 is 15.9 Å². The molecule has 0 radical (unpaired) electrons. The van der Waals surface area contributed by atoms with Gasteiger partial charge >= 0.3 is 0 Å². The lowest BCUT2D eigenvalue weighted by molar-refractivity contribution is 0.169. The van der Waals surface area contributed by atoms with Crippen LogP contribution >= 0.6 is 15.9 Å². The molecule has 1 atom stereocenters. The first-order valence-electron chi connectivity index (χ1n) is 3.68. The van der Waals surface area contributed by atoms with Gasteiger partial charge in [0.15, 0.2) is 4.67 Å². The first-order chi connectivity index (χ1) is 5.79. The molecule has 0 saturated carbocycles. The maximum Gasteiger partial charge on any atom is 0.173 e. The lowest BCUT2D eigenvalue weighted by atomic mass is 10.2. The van der Waals surface area contributed by atoms with Crippen LogP contribution in [0.4, 0.5) is 0 Å². The summed E-state index contributed by atoms with van der Waals surface area (Å²) in [7, 11) is 3.57. The van der Waals surface area contributed by atoms with Gasteiger partial charge < -0.3 is 14.5 Å². The zero-order chi connectivity index (χ0) is 8.97. The molecule has 0 aliphatic heterocycles. The minimum atomic E-state index is 0.183. The van der Waals surface area contributed by atoms with Crippen molar-refractivity contribution in [2.45, 2.75) is 6.04 Å².